The highest BCUT2D eigenvalue weighted by Crippen LogP contribution is 2.31. The van der Waals surface area contributed by atoms with Crippen LogP contribution >= 0.6 is 0 Å². The Balaban J connectivity index is 1.86. The van der Waals surface area contributed by atoms with Gasteiger partial charge in [0.15, 0.2) is 0 Å². The number of nitrogen functional groups attached to an aromatic ring is 1. The van der Waals surface area contributed by atoms with Crippen molar-refractivity contribution in [1.29, 1.82) is 0 Å². The maximum absolute atomic E-state index is 5.75. The van der Waals surface area contributed by atoms with E-state index in [-0.39, 0.29) is 0 Å². The predicted molar refractivity (Wildman–Crippen MR) is 76.3 cm³/mol. The van der Waals surface area contributed by atoms with Gasteiger partial charge in [0.1, 0.15) is 5.75 Å². The summed E-state index contributed by atoms with van der Waals surface area (Å²) in [6.45, 7) is 2.52. The molecule has 1 aliphatic rings. The summed E-state index contributed by atoms with van der Waals surface area (Å²) in [5, 5.41) is 0. The zero-order valence-corrected chi connectivity index (χ0v) is 10.7. The molecular formula is C15H17N3O. The van der Waals surface area contributed by atoms with Gasteiger partial charge in [-0.3, -0.25) is 4.98 Å². The fourth-order valence-corrected chi connectivity index (χ4v) is 2.29. The van der Waals surface area contributed by atoms with Crippen LogP contribution in [-0.2, 0) is 6.54 Å². The van der Waals surface area contributed by atoms with Crippen molar-refractivity contribution in [1.82, 2.24) is 4.98 Å². The monoisotopic (exact) mass is 255 g/mol. The van der Waals surface area contributed by atoms with E-state index in [1.807, 2.05) is 30.3 Å². The Bertz CT molecular complexity index is 554. The maximum atomic E-state index is 5.75. The van der Waals surface area contributed by atoms with Crippen molar-refractivity contribution in [3.8, 4) is 5.75 Å². The van der Waals surface area contributed by atoms with Crippen molar-refractivity contribution < 1.29 is 4.74 Å². The van der Waals surface area contributed by atoms with Gasteiger partial charge < -0.3 is 15.4 Å². The van der Waals surface area contributed by atoms with Crippen LogP contribution in [-0.4, -0.2) is 18.1 Å². The number of nitrogens with zero attached hydrogens (tertiary/aromatic N) is 2. The van der Waals surface area contributed by atoms with Gasteiger partial charge in [0.25, 0.3) is 0 Å². The number of fused-ring (bicyclic) bond motifs is 1. The van der Waals surface area contributed by atoms with E-state index in [2.05, 4.69) is 16.0 Å². The Kier molecular flexibility index (Phi) is 3.23. The highest BCUT2D eigenvalue weighted by atomic mass is 16.5. The number of rotatable bonds is 2. The van der Waals surface area contributed by atoms with E-state index in [1.54, 1.807) is 6.20 Å². The van der Waals surface area contributed by atoms with Crippen LogP contribution < -0.4 is 15.4 Å². The molecule has 0 bridgehead atoms. The third-order valence-electron chi connectivity index (χ3n) is 3.24. The lowest BCUT2D eigenvalue weighted by Gasteiger charge is -2.23. The second kappa shape index (κ2) is 5.18. The van der Waals surface area contributed by atoms with Crippen LogP contribution in [0.4, 0.5) is 11.4 Å². The first kappa shape index (κ1) is 11.8. The minimum absolute atomic E-state index is 0.698. The summed E-state index contributed by atoms with van der Waals surface area (Å²) in [5.41, 5.74) is 8.52. The Morgan fingerprint density at radius 3 is 2.95 bits per heavy atom. The Morgan fingerprint density at radius 1 is 1.21 bits per heavy atom. The van der Waals surface area contributed by atoms with Crippen LogP contribution in [0, 0.1) is 0 Å². The molecule has 0 spiro atoms. The SMILES string of the molecule is Nc1ccc(CN2CCCOc3ccccc32)nc1. The molecule has 0 atom stereocenters. The molecule has 2 aromatic rings. The number of nitrogens with two attached hydrogens (primary N) is 1. The van der Waals surface area contributed by atoms with E-state index in [1.165, 1.54) is 0 Å². The number of hydrogen-bond donors (Lipinski definition) is 1. The summed E-state index contributed by atoms with van der Waals surface area (Å²) in [7, 11) is 0. The standard InChI is InChI=1S/C15H17N3O/c16-12-6-7-13(17-10-12)11-18-8-3-9-19-15-5-2-1-4-14(15)18/h1-2,4-7,10H,3,8-9,11,16H2. The maximum Gasteiger partial charge on any atom is 0.142 e. The van der Waals surface area contributed by atoms with Crippen LogP contribution in [0.2, 0.25) is 0 Å². The average Bonchev–Trinajstić information content (AvgIpc) is 2.64. The molecule has 4 heteroatoms. The van der Waals surface area contributed by atoms with E-state index in [9.17, 15) is 0 Å². The van der Waals surface area contributed by atoms with E-state index in [4.69, 9.17) is 10.5 Å². The smallest absolute Gasteiger partial charge is 0.142 e. The Labute approximate surface area is 112 Å². The molecule has 4 nitrogen and oxygen atoms in total. The molecule has 3 rings (SSSR count). The molecule has 0 saturated heterocycles. The number of benzene rings is 1. The van der Waals surface area contributed by atoms with Crippen LogP contribution in [0.5, 0.6) is 5.75 Å². The first-order valence-electron chi connectivity index (χ1n) is 6.50. The second-order valence-corrected chi connectivity index (χ2v) is 4.67. The average molecular weight is 255 g/mol. The highest BCUT2D eigenvalue weighted by Gasteiger charge is 2.16. The molecule has 2 N–H and O–H groups in total. The molecule has 1 aromatic heterocycles. The van der Waals surface area contributed by atoms with Crippen molar-refractivity contribution in [3.05, 3.63) is 48.3 Å². The molecule has 0 saturated carbocycles. The summed E-state index contributed by atoms with van der Waals surface area (Å²) in [6.07, 6.45) is 2.72. The Hall–Kier alpha value is -2.23. The summed E-state index contributed by atoms with van der Waals surface area (Å²) in [6, 6.07) is 12.0. The third-order valence-corrected chi connectivity index (χ3v) is 3.24. The molecule has 0 radical (unpaired) electrons. The molecule has 2 heterocycles. The molecule has 98 valence electrons. The lowest BCUT2D eigenvalue weighted by molar-refractivity contribution is 0.322. The van der Waals surface area contributed by atoms with Crippen LogP contribution in [0.1, 0.15) is 12.1 Å². The first-order chi connectivity index (χ1) is 9.33. The number of anilines is 2. The summed E-state index contributed by atoms with van der Waals surface area (Å²) in [5.74, 6) is 0.954. The van der Waals surface area contributed by atoms with Gasteiger partial charge in [-0.2, -0.15) is 0 Å². The largest absolute Gasteiger partial charge is 0.491 e. The van der Waals surface area contributed by atoms with Crippen molar-refractivity contribution in [2.24, 2.45) is 0 Å². The minimum atomic E-state index is 0.698. The Morgan fingerprint density at radius 2 is 2.11 bits per heavy atom. The number of aromatic nitrogens is 1. The summed E-state index contributed by atoms with van der Waals surface area (Å²) < 4.78 is 5.75. The number of ether oxygens (including phenoxy) is 1. The molecule has 0 amide bonds. The molecular weight excluding hydrogens is 238 g/mol. The topological polar surface area (TPSA) is 51.4 Å². The van der Waals surface area contributed by atoms with Crippen molar-refractivity contribution in [3.63, 3.8) is 0 Å². The third kappa shape index (κ3) is 2.62. The number of pyridine rings is 1. The quantitative estimate of drug-likeness (QED) is 0.895. The van der Waals surface area contributed by atoms with E-state index >= 15 is 0 Å². The van der Waals surface area contributed by atoms with Gasteiger partial charge in [0, 0.05) is 6.54 Å². The number of hydrogen-bond acceptors (Lipinski definition) is 4. The molecule has 1 aromatic carbocycles. The molecule has 0 fully saturated rings. The number of para-hydroxylation sites is 2. The van der Waals surface area contributed by atoms with Gasteiger partial charge in [-0.1, -0.05) is 12.1 Å². The van der Waals surface area contributed by atoms with Crippen molar-refractivity contribution in [2.75, 3.05) is 23.8 Å². The van der Waals surface area contributed by atoms with E-state index in [0.717, 1.165) is 43.2 Å². The highest BCUT2D eigenvalue weighted by molar-refractivity contribution is 5.59. The fraction of sp³-hybridized carbons (Fsp3) is 0.267. The van der Waals surface area contributed by atoms with Gasteiger partial charge in [0.05, 0.1) is 36.4 Å². The van der Waals surface area contributed by atoms with Crippen LogP contribution in [0.3, 0.4) is 0 Å². The lowest BCUT2D eigenvalue weighted by Crippen LogP contribution is -2.23. The second-order valence-electron chi connectivity index (χ2n) is 4.67. The zero-order valence-electron chi connectivity index (χ0n) is 10.7. The van der Waals surface area contributed by atoms with Gasteiger partial charge in [-0.25, -0.2) is 0 Å². The molecule has 1 aliphatic heterocycles. The summed E-state index contributed by atoms with van der Waals surface area (Å²) in [4.78, 5) is 6.67. The fourth-order valence-electron chi connectivity index (χ4n) is 2.29. The van der Waals surface area contributed by atoms with Crippen molar-refractivity contribution >= 4 is 11.4 Å². The normalized spacial score (nSPS) is 14.4. The van der Waals surface area contributed by atoms with Gasteiger partial charge in [-0.15, -0.1) is 0 Å². The lowest BCUT2D eigenvalue weighted by atomic mass is 10.2. The van der Waals surface area contributed by atoms with E-state index < -0.39 is 0 Å². The van der Waals surface area contributed by atoms with Gasteiger partial charge >= 0.3 is 0 Å². The predicted octanol–water partition coefficient (Wildman–Crippen LogP) is 2.45. The summed E-state index contributed by atoms with van der Waals surface area (Å²) >= 11 is 0. The molecule has 0 aliphatic carbocycles. The van der Waals surface area contributed by atoms with Crippen molar-refractivity contribution in [2.45, 2.75) is 13.0 Å². The van der Waals surface area contributed by atoms with E-state index in [0.29, 0.717) is 5.69 Å². The minimum Gasteiger partial charge on any atom is -0.491 e. The zero-order chi connectivity index (χ0) is 13.1. The molecule has 0 unspecified atom stereocenters. The van der Waals surface area contributed by atoms with Crippen LogP contribution in [0.15, 0.2) is 42.6 Å². The van der Waals surface area contributed by atoms with Gasteiger partial charge in [-0.05, 0) is 30.7 Å². The van der Waals surface area contributed by atoms with Crippen LogP contribution in [0.25, 0.3) is 0 Å². The molecule has 19 heavy (non-hydrogen) atoms. The first-order valence-corrected chi connectivity index (χ1v) is 6.50. The van der Waals surface area contributed by atoms with Gasteiger partial charge in [0.2, 0.25) is 0 Å².